The quantitative estimate of drug-likeness (QED) is 0.686. The minimum Gasteiger partial charge on any atom is -0.506 e. The first-order valence-electron chi connectivity index (χ1n) is 8.43. The number of carbonyl (C=O) groups excluding carboxylic acids is 1. The monoisotopic (exact) mass is 444 g/mol. The van der Waals surface area contributed by atoms with E-state index in [2.05, 4.69) is 5.32 Å². The zero-order chi connectivity index (χ0) is 20.5. The Kier molecular flexibility index (Phi) is 5.92. The molecule has 0 aromatic heterocycles. The van der Waals surface area contributed by atoms with E-state index in [1.165, 1.54) is 35.5 Å². The van der Waals surface area contributed by atoms with Crippen LogP contribution in [0.3, 0.4) is 0 Å². The van der Waals surface area contributed by atoms with Gasteiger partial charge in [-0.25, -0.2) is 8.42 Å². The summed E-state index contributed by atoms with van der Waals surface area (Å²) < 4.78 is 31.0. The SMILES string of the molecule is CC(Oc1ccc(Cl)c(Cl)c1)C(=O)Nc1cc(N2CCCS2(=O)=O)ccc1O. The number of nitrogens with zero attached hydrogens (tertiary/aromatic N) is 1. The Balaban J connectivity index is 1.74. The molecule has 3 rings (SSSR count). The van der Waals surface area contributed by atoms with Crippen molar-refractivity contribution < 1.29 is 23.1 Å². The Morgan fingerprint density at radius 1 is 1.21 bits per heavy atom. The lowest BCUT2D eigenvalue weighted by Crippen LogP contribution is -2.30. The molecule has 1 aliphatic rings. The molecular formula is C18H18Cl2N2O5S. The number of sulfonamides is 1. The van der Waals surface area contributed by atoms with Crippen LogP contribution >= 0.6 is 23.2 Å². The maximum absolute atomic E-state index is 12.4. The molecule has 0 radical (unpaired) electrons. The minimum absolute atomic E-state index is 0.0735. The van der Waals surface area contributed by atoms with E-state index in [0.717, 1.165) is 0 Å². The molecule has 10 heteroatoms. The van der Waals surface area contributed by atoms with Crippen molar-refractivity contribution in [1.82, 2.24) is 0 Å². The molecule has 150 valence electrons. The summed E-state index contributed by atoms with van der Waals surface area (Å²) in [5, 5.41) is 13.3. The summed E-state index contributed by atoms with van der Waals surface area (Å²) in [5.41, 5.74) is 0.470. The fourth-order valence-electron chi connectivity index (χ4n) is 2.75. The molecule has 1 amide bonds. The Bertz CT molecular complexity index is 1010. The van der Waals surface area contributed by atoms with Crippen LogP contribution in [0.5, 0.6) is 11.5 Å². The largest absolute Gasteiger partial charge is 0.506 e. The number of hydrogen-bond acceptors (Lipinski definition) is 5. The van der Waals surface area contributed by atoms with Gasteiger partial charge in [0.05, 0.1) is 27.2 Å². The standard InChI is InChI=1S/C18H18Cl2N2O5S/c1-11(27-13-4-5-14(19)15(20)10-13)18(24)21-16-9-12(3-6-17(16)23)22-7-2-8-28(22,25)26/h3-6,9-11,23H,2,7-8H2,1H3,(H,21,24). The first-order chi connectivity index (χ1) is 13.2. The lowest BCUT2D eigenvalue weighted by atomic mass is 10.2. The normalized spacial score (nSPS) is 16.6. The Hall–Kier alpha value is -2.16. The highest BCUT2D eigenvalue weighted by molar-refractivity contribution is 7.93. The van der Waals surface area contributed by atoms with Crippen molar-refractivity contribution in [2.45, 2.75) is 19.4 Å². The van der Waals surface area contributed by atoms with E-state index in [1.807, 2.05) is 0 Å². The van der Waals surface area contributed by atoms with Crippen molar-refractivity contribution in [3.05, 3.63) is 46.4 Å². The van der Waals surface area contributed by atoms with Crippen LogP contribution in [0.25, 0.3) is 0 Å². The van der Waals surface area contributed by atoms with Crippen molar-refractivity contribution in [1.29, 1.82) is 0 Å². The number of rotatable bonds is 5. The summed E-state index contributed by atoms with van der Waals surface area (Å²) in [6.45, 7) is 1.89. The van der Waals surface area contributed by atoms with Crippen LogP contribution in [0.1, 0.15) is 13.3 Å². The average molecular weight is 445 g/mol. The summed E-state index contributed by atoms with van der Waals surface area (Å²) in [7, 11) is -3.37. The van der Waals surface area contributed by atoms with Gasteiger partial charge in [-0.2, -0.15) is 0 Å². The molecule has 2 aromatic rings. The van der Waals surface area contributed by atoms with E-state index in [9.17, 15) is 18.3 Å². The first-order valence-corrected chi connectivity index (χ1v) is 10.8. The molecule has 0 aliphatic carbocycles. The molecule has 1 atom stereocenters. The molecule has 2 aromatic carbocycles. The molecule has 0 spiro atoms. The number of phenols is 1. The first kappa shape index (κ1) is 20.6. The number of amides is 1. The Labute approximate surface area is 172 Å². The molecule has 1 unspecified atom stereocenters. The lowest BCUT2D eigenvalue weighted by Gasteiger charge is -2.19. The van der Waals surface area contributed by atoms with E-state index in [0.29, 0.717) is 34.4 Å². The summed E-state index contributed by atoms with van der Waals surface area (Å²) >= 11 is 11.8. The number of phenolic OH excluding ortho intramolecular Hbond substituents is 1. The maximum Gasteiger partial charge on any atom is 0.265 e. The van der Waals surface area contributed by atoms with Gasteiger partial charge in [0, 0.05) is 12.6 Å². The van der Waals surface area contributed by atoms with Gasteiger partial charge in [-0.3, -0.25) is 9.10 Å². The zero-order valence-corrected chi connectivity index (χ0v) is 17.2. The van der Waals surface area contributed by atoms with Gasteiger partial charge in [-0.15, -0.1) is 0 Å². The van der Waals surface area contributed by atoms with Gasteiger partial charge >= 0.3 is 0 Å². The van der Waals surface area contributed by atoms with Gasteiger partial charge in [-0.05, 0) is 43.7 Å². The van der Waals surface area contributed by atoms with Crippen LogP contribution in [0.4, 0.5) is 11.4 Å². The third kappa shape index (κ3) is 4.45. The van der Waals surface area contributed by atoms with Gasteiger partial charge in [0.2, 0.25) is 10.0 Å². The molecule has 0 bridgehead atoms. The minimum atomic E-state index is -3.37. The van der Waals surface area contributed by atoms with Crippen LogP contribution in [0, 0.1) is 0 Å². The Morgan fingerprint density at radius 2 is 1.96 bits per heavy atom. The number of hydrogen-bond donors (Lipinski definition) is 2. The summed E-state index contributed by atoms with van der Waals surface area (Å²) in [5.74, 6) is -0.277. The van der Waals surface area contributed by atoms with Crippen molar-refractivity contribution in [3.8, 4) is 11.5 Å². The van der Waals surface area contributed by atoms with Crippen molar-refractivity contribution in [2.75, 3.05) is 21.9 Å². The fraction of sp³-hybridized carbons (Fsp3) is 0.278. The van der Waals surface area contributed by atoms with Crippen LogP contribution in [-0.4, -0.2) is 37.8 Å². The highest BCUT2D eigenvalue weighted by Gasteiger charge is 2.29. The molecule has 2 N–H and O–H groups in total. The average Bonchev–Trinajstić information content (AvgIpc) is 2.99. The molecule has 7 nitrogen and oxygen atoms in total. The van der Waals surface area contributed by atoms with Crippen LogP contribution < -0.4 is 14.4 Å². The highest BCUT2D eigenvalue weighted by atomic mass is 35.5. The Morgan fingerprint density at radius 3 is 2.61 bits per heavy atom. The summed E-state index contributed by atoms with van der Waals surface area (Å²) in [4.78, 5) is 12.4. The maximum atomic E-state index is 12.4. The van der Waals surface area contributed by atoms with Gasteiger partial charge in [0.1, 0.15) is 11.5 Å². The molecule has 28 heavy (non-hydrogen) atoms. The molecule has 1 fully saturated rings. The van der Waals surface area contributed by atoms with E-state index in [1.54, 1.807) is 12.1 Å². The fourth-order valence-corrected chi connectivity index (χ4v) is 4.60. The van der Waals surface area contributed by atoms with E-state index < -0.39 is 22.0 Å². The third-order valence-corrected chi connectivity index (χ3v) is 6.81. The van der Waals surface area contributed by atoms with Gasteiger partial charge in [-0.1, -0.05) is 23.2 Å². The molecule has 1 aliphatic heterocycles. The molecule has 1 saturated heterocycles. The van der Waals surface area contributed by atoms with Crippen molar-refractivity contribution in [2.24, 2.45) is 0 Å². The second-order valence-electron chi connectivity index (χ2n) is 6.27. The number of carbonyl (C=O) groups is 1. The van der Waals surface area contributed by atoms with E-state index in [-0.39, 0.29) is 17.2 Å². The summed E-state index contributed by atoms with van der Waals surface area (Å²) in [6.07, 6.45) is -0.379. The van der Waals surface area contributed by atoms with Crippen LogP contribution in [0.15, 0.2) is 36.4 Å². The number of ether oxygens (including phenoxy) is 1. The second kappa shape index (κ2) is 8.06. The van der Waals surface area contributed by atoms with Gasteiger partial charge in [0.15, 0.2) is 6.10 Å². The van der Waals surface area contributed by atoms with Gasteiger partial charge in [0.25, 0.3) is 5.91 Å². The molecular weight excluding hydrogens is 427 g/mol. The van der Waals surface area contributed by atoms with Crippen LogP contribution in [0.2, 0.25) is 10.0 Å². The topological polar surface area (TPSA) is 95.9 Å². The third-order valence-electron chi connectivity index (χ3n) is 4.20. The highest BCUT2D eigenvalue weighted by Crippen LogP contribution is 2.32. The van der Waals surface area contributed by atoms with E-state index in [4.69, 9.17) is 27.9 Å². The number of benzene rings is 2. The molecule has 0 saturated carbocycles. The van der Waals surface area contributed by atoms with Crippen LogP contribution in [-0.2, 0) is 14.8 Å². The molecule has 1 heterocycles. The van der Waals surface area contributed by atoms with Crippen molar-refractivity contribution >= 4 is 50.5 Å². The van der Waals surface area contributed by atoms with Crippen molar-refractivity contribution in [3.63, 3.8) is 0 Å². The number of halogens is 2. The van der Waals surface area contributed by atoms with E-state index >= 15 is 0 Å². The predicted molar refractivity (Wildman–Crippen MR) is 109 cm³/mol. The van der Waals surface area contributed by atoms with Gasteiger partial charge < -0.3 is 15.2 Å². The lowest BCUT2D eigenvalue weighted by molar-refractivity contribution is -0.122. The second-order valence-corrected chi connectivity index (χ2v) is 9.10. The number of anilines is 2. The predicted octanol–water partition coefficient (Wildman–Crippen LogP) is 3.64. The number of nitrogens with one attached hydrogen (secondary N) is 1. The number of aromatic hydroxyl groups is 1. The smallest absolute Gasteiger partial charge is 0.265 e. The summed E-state index contributed by atoms with van der Waals surface area (Å²) in [6, 6.07) is 8.86. The zero-order valence-electron chi connectivity index (χ0n) is 14.9.